The Balaban J connectivity index is 1.51. The third kappa shape index (κ3) is 6.07. The minimum absolute atomic E-state index is 0.235. The minimum Gasteiger partial charge on any atom is -0.481 e. The highest BCUT2D eigenvalue weighted by Crippen LogP contribution is 2.30. The lowest BCUT2D eigenvalue weighted by Gasteiger charge is -2.24. The molecule has 1 aliphatic carbocycles. The van der Waals surface area contributed by atoms with Gasteiger partial charge >= 0.3 is 24.1 Å². The summed E-state index contributed by atoms with van der Waals surface area (Å²) in [6, 6.07) is 11.8. The van der Waals surface area contributed by atoms with E-state index < -0.39 is 30.0 Å². The van der Waals surface area contributed by atoms with Crippen molar-refractivity contribution in [1.29, 1.82) is 0 Å². The Morgan fingerprint density at radius 1 is 0.719 bits per heavy atom. The van der Waals surface area contributed by atoms with Crippen molar-refractivity contribution in [2.75, 3.05) is 7.11 Å². The largest absolute Gasteiger partial charge is 0.513 e. The smallest absolute Gasteiger partial charge is 0.481 e. The van der Waals surface area contributed by atoms with Gasteiger partial charge in [0.2, 0.25) is 0 Å². The summed E-state index contributed by atoms with van der Waals surface area (Å²) in [7, 11) is 1.19. The highest BCUT2D eigenvalue weighted by atomic mass is 16.7. The van der Waals surface area contributed by atoms with Gasteiger partial charge in [-0.05, 0) is 74.2 Å². The van der Waals surface area contributed by atoms with Gasteiger partial charge in [0.25, 0.3) is 0 Å². The normalized spacial score (nSPS) is 17.7. The van der Waals surface area contributed by atoms with Crippen LogP contribution in [-0.2, 0) is 14.3 Å². The van der Waals surface area contributed by atoms with Gasteiger partial charge in [0.05, 0.1) is 24.5 Å². The molecule has 0 bridgehead atoms. The molecule has 1 fully saturated rings. The quantitative estimate of drug-likeness (QED) is 0.403. The Hall–Kier alpha value is -3.88. The molecule has 32 heavy (non-hydrogen) atoms. The van der Waals surface area contributed by atoms with E-state index in [1.54, 1.807) is 0 Å². The van der Waals surface area contributed by atoms with Crippen LogP contribution in [0.1, 0.15) is 36.0 Å². The second kappa shape index (κ2) is 10.4. The molecule has 9 heteroatoms. The number of carbonyl (C=O) groups excluding carboxylic acids is 3. The lowest BCUT2D eigenvalue weighted by Crippen LogP contribution is -2.28. The van der Waals surface area contributed by atoms with E-state index in [0.717, 1.165) is 0 Å². The molecule has 3 rings (SSSR count). The molecule has 0 spiro atoms. The van der Waals surface area contributed by atoms with E-state index in [1.165, 1.54) is 55.6 Å². The van der Waals surface area contributed by atoms with Crippen LogP contribution in [0.5, 0.6) is 17.2 Å². The summed E-state index contributed by atoms with van der Waals surface area (Å²) >= 11 is 0. The first-order valence-electron chi connectivity index (χ1n) is 9.98. The van der Waals surface area contributed by atoms with Crippen LogP contribution < -0.4 is 14.2 Å². The first kappa shape index (κ1) is 22.8. The lowest BCUT2D eigenvalue weighted by molar-refractivity contribution is -0.146. The van der Waals surface area contributed by atoms with Crippen LogP contribution in [0.25, 0.3) is 0 Å². The average molecular weight is 442 g/mol. The van der Waals surface area contributed by atoms with Crippen molar-refractivity contribution in [1.82, 2.24) is 0 Å². The van der Waals surface area contributed by atoms with Crippen LogP contribution in [0.15, 0.2) is 48.5 Å². The Bertz CT molecular complexity index is 972. The van der Waals surface area contributed by atoms with Crippen LogP contribution in [0.3, 0.4) is 0 Å². The number of carboxylic acids is 1. The summed E-state index contributed by atoms with van der Waals surface area (Å²) in [6.45, 7) is 0. The molecule has 0 atom stereocenters. The number of rotatable bonds is 6. The van der Waals surface area contributed by atoms with Crippen LogP contribution in [0.2, 0.25) is 0 Å². The van der Waals surface area contributed by atoms with Gasteiger partial charge in [-0.3, -0.25) is 9.59 Å². The van der Waals surface area contributed by atoms with E-state index in [4.69, 9.17) is 19.3 Å². The first-order valence-corrected chi connectivity index (χ1v) is 9.98. The Labute approximate surface area is 183 Å². The van der Waals surface area contributed by atoms with Gasteiger partial charge in [-0.1, -0.05) is 0 Å². The van der Waals surface area contributed by atoms with Crippen molar-refractivity contribution < 1.29 is 43.2 Å². The zero-order valence-corrected chi connectivity index (χ0v) is 17.3. The van der Waals surface area contributed by atoms with Gasteiger partial charge in [0.1, 0.15) is 17.2 Å². The number of aliphatic carboxylic acids is 1. The van der Waals surface area contributed by atoms with Crippen molar-refractivity contribution in [2.24, 2.45) is 11.8 Å². The summed E-state index contributed by atoms with van der Waals surface area (Å²) in [5, 5.41) is 9.04. The molecule has 168 valence electrons. The third-order valence-corrected chi connectivity index (χ3v) is 5.12. The molecule has 1 N–H and O–H groups in total. The van der Waals surface area contributed by atoms with Crippen molar-refractivity contribution in [3.05, 3.63) is 54.1 Å². The maximum absolute atomic E-state index is 12.3. The monoisotopic (exact) mass is 442 g/mol. The highest BCUT2D eigenvalue weighted by Gasteiger charge is 2.30. The summed E-state index contributed by atoms with van der Waals surface area (Å²) in [5.74, 6) is -1.81. The molecule has 2 aromatic rings. The number of benzene rings is 2. The predicted molar refractivity (Wildman–Crippen MR) is 110 cm³/mol. The van der Waals surface area contributed by atoms with E-state index in [0.29, 0.717) is 25.7 Å². The summed E-state index contributed by atoms with van der Waals surface area (Å²) in [6.07, 6.45) is 1.00. The molecule has 1 aliphatic rings. The first-order chi connectivity index (χ1) is 15.4. The fourth-order valence-corrected chi connectivity index (χ4v) is 3.31. The Morgan fingerprint density at radius 3 is 1.72 bits per heavy atom. The predicted octanol–water partition coefficient (Wildman–Crippen LogP) is 3.85. The van der Waals surface area contributed by atoms with Crippen LogP contribution in [0, 0.1) is 11.8 Å². The number of carbonyl (C=O) groups is 4. The van der Waals surface area contributed by atoms with E-state index >= 15 is 0 Å². The van der Waals surface area contributed by atoms with E-state index in [2.05, 4.69) is 4.74 Å². The summed E-state index contributed by atoms with van der Waals surface area (Å²) in [5.41, 5.74) is 0.252. The van der Waals surface area contributed by atoms with E-state index in [9.17, 15) is 19.2 Å². The van der Waals surface area contributed by atoms with Gasteiger partial charge in [0, 0.05) is 0 Å². The van der Waals surface area contributed by atoms with Crippen molar-refractivity contribution in [2.45, 2.75) is 25.7 Å². The van der Waals surface area contributed by atoms with Crippen molar-refractivity contribution >= 4 is 24.1 Å². The zero-order chi connectivity index (χ0) is 23.1. The van der Waals surface area contributed by atoms with Crippen LogP contribution in [0.4, 0.5) is 4.79 Å². The molecule has 9 nitrogen and oxygen atoms in total. The number of methoxy groups -OCH3 is 1. The molecule has 0 aromatic heterocycles. The van der Waals surface area contributed by atoms with Gasteiger partial charge in [-0.15, -0.1) is 0 Å². The SMILES string of the molecule is COC(=O)Oc1ccc(OC(=O)c2ccc(OC(=O)C3CCC(C(=O)O)CC3)cc2)cc1. The van der Waals surface area contributed by atoms with Crippen LogP contribution >= 0.6 is 0 Å². The highest BCUT2D eigenvalue weighted by molar-refractivity contribution is 5.91. The number of ether oxygens (including phenoxy) is 4. The lowest BCUT2D eigenvalue weighted by atomic mass is 9.82. The average Bonchev–Trinajstić information content (AvgIpc) is 2.80. The molecule has 0 saturated heterocycles. The van der Waals surface area contributed by atoms with Gasteiger partial charge in [-0.2, -0.15) is 0 Å². The van der Waals surface area contributed by atoms with Gasteiger partial charge < -0.3 is 24.1 Å². The van der Waals surface area contributed by atoms with Gasteiger partial charge in [-0.25, -0.2) is 9.59 Å². The fraction of sp³-hybridized carbons (Fsp3) is 0.304. The second-order valence-electron chi connectivity index (χ2n) is 7.25. The van der Waals surface area contributed by atoms with E-state index in [1.807, 2.05) is 0 Å². The molecule has 1 saturated carbocycles. The van der Waals surface area contributed by atoms with Crippen molar-refractivity contribution in [3.8, 4) is 17.2 Å². The van der Waals surface area contributed by atoms with Crippen LogP contribution in [-0.4, -0.2) is 36.3 Å². The molecule has 0 amide bonds. The standard InChI is InChI=1S/C23H22O9/c1-29-23(28)32-19-12-10-18(11-13-19)31-22(27)16-6-8-17(9-7-16)30-21(26)15-4-2-14(3-5-15)20(24)25/h6-15H,2-5H2,1H3,(H,24,25). The maximum Gasteiger partial charge on any atom is 0.513 e. The van der Waals surface area contributed by atoms with Gasteiger partial charge in [0.15, 0.2) is 0 Å². The molecule has 0 aliphatic heterocycles. The topological polar surface area (TPSA) is 125 Å². The van der Waals surface area contributed by atoms with Crippen molar-refractivity contribution in [3.63, 3.8) is 0 Å². The summed E-state index contributed by atoms with van der Waals surface area (Å²) in [4.78, 5) is 46.7. The molecule has 0 heterocycles. The number of carboxylic acid groups (broad SMARTS) is 1. The molecule has 0 radical (unpaired) electrons. The number of hydrogen-bond donors (Lipinski definition) is 1. The fourth-order valence-electron chi connectivity index (χ4n) is 3.31. The zero-order valence-electron chi connectivity index (χ0n) is 17.3. The molecular weight excluding hydrogens is 420 g/mol. The Kier molecular flexibility index (Phi) is 7.43. The molecular formula is C23H22O9. The second-order valence-corrected chi connectivity index (χ2v) is 7.25. The number of esters is 2. The molecule has 0 unspecified atom stereocenters. The molecule has 2 aromatic carbocycles. The summed E-state index contributed by atoms with van der Waals surface area (Å²) < 4.78 is 19.9. The minimum atomic E-state index is -0.858. The Morgan fingerprint density at radius 2 is 1.19 bits per heavy atom. The maximum atomic E-state index is 12.3. The van der Waals surface area contributed by atoms with E-state index in [-0.39, 0.29) is 28.7 Å². The third-order valence-electron chi connectivity index (χ3n) is 5.12. The number of hydrogen-bond acceptors (Lipinski definition) is 8.